The molecule has 2 atom stereocenters. The van der Waals surface area contributed by atoms with E-state index in [1.54, 1.807) is 6.07 Å². The minimum Gasteiger partial charge on any atom is -0.486 e. The first-order valence-corrected chi connectivity index (χ1v) is 8.94. The van der Waals surface area contributed by atoms with Crippen LogP contribution in [0.25, 0.3) is 0 Å². The van der Waals surface area contributed by atoms with Gasteiger partial charge in [-0.1, -0.05) is 37.3 Å². The summed E-state index contributed by atoms with van der Waals surface area (Å²) in [6, 6.07) is 14.3. The van der Waals surface area contributed by atoms with Gasteiger partial charge in [0, 0.05) is 18.7 Å². The number of anilines is 1. The number of nitrogens with zero attached hydrogens (tertiary/aromatic N) is 2. The lowest BCUT2D eigenvalue weighted by molar-refractivity contribution is -0.384. The van der Waals surface area contributed by atoms with Crippen molar-refractivity contribution in [2.24, 2.45) is 5.92 Å². The third kappa shape index (κ3) is 4.36. The van der Waals surface area contributed by atoms with Crippen molar-refractivity contribution in [2.75, 3.05) is 11.4 Å². The first kappa shape index (κ1) is 18.7. The fraction of sp³-hybridized carbons (Fsp3) is 0.350. The van der Waals surface area contributed by atoms with Crippen molar-refractivity contribution >= 4 is 17.3 Å². The van der Waals surface area contributed by atoms with Crippen molar-refractivity contribution < 1.29 is 19.6 Å². The SMILES string of the molecule is CCC(CC1CN(Cc2ccccc2)c2cc([N+](=O)[O-])ccc2O1)C(=O)O. The number of aliphatic carboxylic acids is 1. The number of non-ortho nitro benzene ring substituents is 1. The van der Waals surface area contributed by atoms with Gasteiger partial charge < -0.3 is 14.7 Å². The number of carboxylic acids is 1. The Kier molecular flexibility index (Phi) is 5.59. The molecule has 3 rings (SSSR count). The van der Waals surface area contributed by atoms with Crippen LogP contribution in [0.4, 0.5) is 11.4 Å². The Morgan fingerprint density at radius 2 is 2.07 bits per heavy atom. The second-order valence-corrected chi connectivity index (χ2v) is 6.69. The minimum absolute atomic E-state index is 0.00540. The molecule has 7 heteroatoms. The Bertz CT molecular complexity index is 824. The molecule has 0 saturated heterocycles. The van der Waals surface area contributed by atoms with Crippen molar-refractivity contribution in [3.8, 4) is 5.75 Å². The number of hydrogen-bond donors (Lipinski definition) is 1. The fourth-order valence-electron chi connectivity index (χ4n) is 3.36. The van der Waals surface area contributed by atoms with Crippen molar-refractivity contribution in [3.05, 3.63) is 64.2 Å². The molecule has 7 nitrogen and oxygen atoms in total. The average molecular weight is 370 g/mol. The number of carboxylic acid groups (broad SMARTS) is 1. The highest BCUT2D eigenvalue weighted by atomic mass is 16.6. The maximum Gasteiger partial charge on any atom is 0.306 e. The van der Waals surface area contributed by atoms with E-state index >= 15 is 0 Å². The van der Waals surface area contributed by atoms with E-state index in [-0.39, 0.29) is 11.8 Å². The average Bonchev–Trinajstić information content (AvgIpc) is 2.66. The summed E-state index contributed by atoms with van der Waals surface area (Å²) in [7, 11) is 0. The van der Waals surface area contributed by atoms with E-state index in [9.17, 15) is 20.0 Å². The van der Waals surface area contributed by atoms with Crippen LogP contribution in [-0.4, -0.2) is 28.6 Å². The molecule has 0 aliphatic carbocycles. The maximum absolute atomic E-state index is 11.4. The largest absolute Gasteiger partial charge is 0.486 e. The van der Waals surface area contributed by atoms with Gasteiger partial charge in [0.05, 0.1) is 23.1 Å². The lowest BCUT2D eigenvalue weighted by Crippen LogP contribution is -2.41. The molecule has 1 heterocycles. The minimum atomic E-state index is -0.829. The first-order chi connectivity index (χ1) is 13.0. The highest BCUT2D eigenvalue weighted by Crippen LogP contribution is 2.38. The van der Waals surface area contributed by atoms with Crippen LogP contribution in [0.2, 0.25) is 0 Å². The summed E-state index contributed by atoms with van der Waals surface area (Å²) < 4.78 is 5.99. The predicted molar refractivity (Wildman–Crippen MR) is 101 cm³/mol. The second kappa shape index (κ2) is 8.07. The normalized spacial score (nSPS) is 16.9. The van der Waals surface area contributed by atoms with Crippen molar-refractivity contribution in [2.45, 2.75) is 32.4 Å². The van der Waals surface area contributed by atoms with Crippen LogP contribution in [0.15, 0.2) is 48.5 Å². The monoisotopic (exact) mass is 370 g/mol. The standard InChI is InChI=1S/C20H22N2O5/c1-2-15(20(23)24)10-17-13-21(12-14-6-4-3-5-7-14)18-11-16(22(25)26)8-9-19(18)27-17/h3-9,11,15,17H,2,10,12-13H2,1H3,(H,23,24). The van der Waals surface area contributed by atoms with Gasteiger partial charge in [0.1, 0.15) is 11.9 Å². The van der Waals surface area contributed by atoms with Crippen molar-refractivity contribution in [1.82, 2.24) is 0 Å². The highest BCUT2D eigenvalue weighted by molar-refractivity contribution is 5.70. The molecule has 142 valence electrons. The Hall–Kier alpha value is -3.09. The highest BCUT2D eigenvalue weighted by Gasteiger charge is 2.31. The van der Waals surface area contributed by atoms with Crippen LogP contribution in [0.3, 0.4) is 0 Å². The van der Waals surface area contributed by atoms with E-state index in [2.05, 4.69) is 0 Å². The molecule has 0 spiro atoms. The lowest BCUT2D eigenvalue weighted by atomic mass is 9.97. The summed E-state index contributed by atoms with van der Waals surface area (Å²) in [5.41, 5.74) is 1.74. The van der Waals surface area contributed by atoms with Gasteiger partial charge in [0.15, 0.2) is 0 Å². The summed E-state index contributed by atoms with van der Waals surface area (Å²) in [5.74, 6) is -0.758. The van der Waals surface area contributed by atoms with Gasteiger partial charge in [-0.15, -0.1) is 0 Å². The van der Waals surface area contributed by atoms with E-state index in [1.165, 1.54) is 12.1 Å². The zero-order valence-electron chi connectivity index (χ0n) is 15.1. The Morgan fingerprint density at radius 1 is 1.33 bits per heavy atom. The summed E-state index contributed by atoms with van der Waals surface area (Å²) >= 11 is 0. The Labute approximate surface area is 157 Å². The number of hydrogen-bond acceptors (Lipinski definition) is 5. The number of nitro groups is 1. The molecule has 0 amide bonds. The first-order valence-electron chi connectivity index (χ1n) is 8.94. The molecule has 0 saturated carbocycles. The van der Waals surface area contributed by atoms with Gasteiger partial charge in [-0.2, -0.15) is 0 Å². The summed E-state index contributed by atoms with van der Waals surface area (Å²) in [4.78, 5) is 24.2. The van der Waals surface area contributed by atoms with Gasteiger partial charge in [-0.3, -0.25) is 14.9 Å². The van der Waals surface area contributed by atoms with Crippen LogP contribution < -0.4 is 9.64 Å². The number of ether oxygens (including phenoxy) is 1. The third-order valence-electron chi connectivity index (χ3n) is 4.82. The van der Waals surface area contributed by atoms with Crippen molar-refractivity contribution in [3.63, 3.8) is 0 Å². The molecule has 2 aromatic carbocycles. The van der Waals surface area contributed by atoms with Gasteiger partial charge >= 0.3 is 5.97 Å². The molecule has 1 N–H and O–H groups in total. The number of nitro benzene ring substituents is 1. The molecule has 0 radical (unpaired) electrons. The van der Waals surface area contributed by atoms with Gasteiger partial charge in [-0.05, 0) is 24.5 Å². The van der Waals surface area contributed by atoms with E-state index in [4.69, 9.17) is 4.74 Å². The predicted octanol–water partition coefficient (Wildman–Crippen LogP) is 3.86. The number of carbonyl (C=O) groups is 1. The maximum atomic E-state index is 11.4. The molecular formula is C20H22N2O5. The van der Waals surface area contributed by atoms with Crippen LogP contribution in [-0.2, 0) is 11.3 Å². The van der Waals surface area contributed by atoms with Crippen LogP contribution in [0.1, 0.15) is 25.3 Å². The molecule has 27 heavy (non-hydrogen) atoms. The Morgan fingerprint density at radius 3 is 2.70 bits per heavy atom. The zero-order valence-corrected chi connectivity index (χ0v) is 15.1. The van der Waals surface area contributed by atoms with Gasteiger partial charge in [0.2, 0.25) is 0 Å². The quantitative estimate of drug-likeness (QED) is 0.587. The van der Waals surface area contributed by atoms with Gasteiger partial charge in [0.25, 0.3) is 5.69 Å². The topological polar surface area (TPSA) is 92.9 Å². The molecule has 1 aliphatic rings. The Balaban J connectivity index is 1.90. The van der Waals surface area contributed by atoms with Crippen molar-refractivity contribution in [1.29, 1.82) is 0 Å². The molecule has 2 unspecified atom stereocenters. The number of benzene rings is 2. The van der Waals surface area contributed by atoms with E-state index in [1.807, 2.05) is 42.2 Å². The second-order valence-electron chi connectivity index (χ2n) is 6.69. The molecule has 0 aromatic heterocycles. The van der Waals surface area contributed by atoms with E-state index < -0.39 is 16.8 Å². The smallest absolute Gasteiger partial charge is 0.306 e. The van der Waals surface area contributed by atoms with Gasteiger partial charge in [-0.25, -0.2) is 0 Å². The molecule has 1 aliphatic heterocycles. The summed E-state index contributed by atoms with van der Waals surface area (Å²) in [6.07, 6.45) is 0.637. The summed E-state index contributed by atoms with van der Waals surface area (Å²) in [5, 5.41) is 20.5. The van der Waals surface area contributed by atoms with E-state index in [0.29, 0.717) is 37.4 Å². The van der Waals surface area contributed by atoms with Crippen LogP contribution in [0, 0.1) is 16.0 Å². The van der Waals surface area contributed by atoms with Crippen LogP contribution in [0.5, 0.6) is 5.75 Å². The van der Waals surface area contributed by atoms with Crippen LogP contribution >= 0.6 is 0 Å². The molecule has 2 aromatic rings. The molecular weight excluding hydrogens is 348 g/mol. The number of fused-ring (bicyclic) bond motifs is 1. The molecule has 0 bridgehead atoms. The third-order valence-corrected chi connectivity index (χ3v) is 4.82. The number of rotatable bonds is 7. The lowest BCUT2D eigenvalue weighted by Gasteiger charge is -2.37. The van der Waals surface area contributed by atoms with E-state index in [0.717, 1.165) is 5.56 Å². The summed E-state index contributed by atoms with van der Waals surface area (Å²) in [6.45, 7) is 2.90. The zero-order chi connectivity index (χ0) is 19.4. The fourth-order valence-corrected chi connectivity index (χ4v) is 3.36. The molecule has 0 fully saturated rings.